The number of hydrogen-bond donors (Lipinski definition) is 4. The lowest BCUT2D eigenvalue weighted by atomic mass is 10.1. The van der Waals surface area contributed by atoms with E-state index in [4.69, 9.17) is 0 Å². The van der Waals surface area contributed by atoms with Gasteiger partial charge in [-0.1, -0.05) is 0 Å². The van der Waals surface area contributed by atoms with Gasteiger partial charge in [-0.25, -0.2) is 0 Å². The normalized spacial score (nSPS) is 37.0. The van der Waals surface area contributed by atoms with Gasteiger partial charge < -0.3 is 9.80 Å². The molecule has 2 amide bonds. The van der Waals surface area contributed by atoms with Gasteiger partial charge in [0.1, 0.15) is 26.2 Å². The third kappa shape index (κ3) is 2.27. The third-order valence-electron chi connectivity index (χ3n) is 3.27. The van der Waals surface area contributed by atoms with Crippen LogP contribution in [0.15, 0.2) is 0 Å². The van der Waals surface area contributed by atoms with Crippen molar-refractivity contribution < 1.29 is 19.4 Å². The summed E-state index contributed by atoms with van der Waals surface area (Å²) in [6.45, 7) is 4.08. The SMILES string of the molecule is C[NH+]1CC[NH+]([C@H]2CC(=O)NNC2=O)CC1. The molecule has 6 nitrogen and oxygen atoms in total. The molecule has 2 aliphatic rings. The monoisotopic (exact) mass is 214 g/mol. The fourth-order valence-corrected chi connectivity index (χ4v) is 2.22. The van der Waals surface area contributed by atoms with Crippen molar-refractivity contribution >= 4 is 11.8 Å². The second-order valence-corrected chi connectivity index (χ2v) is 4.41. The van der Waals surface area contributed by atoms with Crippen molar-refractivity contribution in [1.29, 1.82) is 0 Å². The predicted molar refractivity (Wildman–Crippen MR) is 52.0 cm³/mol. The molecule has 0 spiro atoms. The Morgan fingerprint density at radius 2 is 1.80 bits per heavy atom. The van der Waals surface area contributed by atoms with E-state index in [0.717, 1.165) is 26.2 Å². The summed E-state index contributed by atoms with van der Waals surface area (Å²) < 4.78 is 0. The van der Waals surface area contributed by atoms with Crippen molar-refractivity contribution in [2.75, 3.05) is 33.2 Å². The minimum absolute atomic E-state index is 0.0517. The van der Waals surface area contributed by atoms with Gasteiger partial charge in [0.25, 0.3) is 5.91 Å². The molecule has 2 fully saturated rings. The maximum atomic E-state index is 11.6. The zero-order chi connectivity index (χ0) is 10.8. The van der Waals surface area contributed by atoms with Gasteiger partial charge in [-0.05, 0) is 0 Å². The Balaban J connectivity index is 1.96. The fraction of sp³-hybridized carbons (Fsp3) is 0.778. The van der Waals surface area contributed by atoms with Crippen LogP contribution in [0.25, 0.3) is 0 Å². The van der Waals surface area contributed by atoms with Gasteiger partial charge in [-0.15, -0.1) is 0 Å². The topological polar surface area (TPSA) is 67.1 Å². The summed E-state index contributed by atoms with van der Waals surface area (Å²) in [6.07, 6.45) is 0.320. The molecule has 0 aromatic rings. The summed E-state index contributed by atoms with van der Waals surface area (Å²) in [6, 6.07) is -0.188. The molecule has 4 N–H and O–H groups in total. The van der Waals surface area contributed by atoms with Crippen LogP contribution in [0.4, 0.5) is 0 Å². The van der Waals surface area contributed by atoms with E-state index in [-0.39, 0.29) is 17.9 Å². The lowest BCUT2D eigenvalue weighted by molar-refractivity contribution is -1.01. The molecule has 0 unspecified atom stereocenters. The van der Waals surface area contributed by atoms with Crippen molar-refractivity contribution in [3.63, 3.8) is 0 Å². The maximum Gasteiger partial charge on any atom is 0.297 e. The van der Waals surface area contributed by atoms with Crippen LogP contribution in [0.1, 0.15) is 6.42 Å². The van der Waals surface area contributed by atoms with Crippen LogP contribution < -0.4 is 20.7 Å². The number of nitrogens with one attached hydrogen (secondary N) is 4. The smallest absolute Gasteiger partial charge is 0.297 e. The third-order valence-corrected chi connectivity index (χ3v) is 3.27. The van der Waals surface area contributed by atoms with Crippen LogP contribution in [0.2, 0.25) is 0 Å². The number of hydrazine groups is 1. The average Bonchev–Trinajstić information content (AvgIpc) is 2.23. The number of amides is 2. The molecule has 6 heteroatoms. The van der Waals surface area contributed by atoms with Crippen molar-refractivity contribution in [2.45, 2.75) is 12.5 Å². The van der Waals surface area contributed by atoms with Gasteiger partial charge >= 0.3 is 0 Å². The van der Waals surface area contributed by atoms with Crippen LogP contribution in [-0.4, -0.2) is 51.1 Å². The first-order valence-electron chi connectivity index (χ1n) is 5.41. The van der Waals surface area contributed by atoms with Crippen LogP contribution >= 0.6 is 0 Å². The van der Waals surface area contributed by atoms with Gasteiger partial charge in [0, 0.05) is 0 Å². The lowest BCUT2D eigenvalue weighted by Crippen LogP contribution is -3.29. The van der Waals surface area contributed by atoms with Crippen molar-refractivity contribution in [3.05, 3.63) is 0 Å². The zero-order valence-corrected chi connectivity index (χ0v) is 8.93. The number of rotatable bonds is 1. The number of hydrogen-bond acceptors (Lipinski definition) is 2. The Morgan fingerprint density at radius 1 is 1.13 bits per heavy atom. The summed E-state index contributed by atoms with van der Waals surface area (Å²) in [5.41, 5.74) is 4.78. The highest BCUT2D eigenvalue weighted by Gasteiger charge is 2.37. The first kappa shape index (κ1) is 10.4. The second-order valence-electron chi connectivity index (χ2n) is 4.41. The summed E-state index contributed by atoms with van der Waals surface area (Å²) in [5, 5.41) is 0. The Bertz CT molecular complexity index is 273. The lowest BCUT2D eigenvalue weighted by Gasteiger charge is -2.33. The van der Waals surface area contributed by atoms with E-state index < -0.39 is 0 Å². The summed E-state index contributed by atoms with van der Waals surface area (Å²) in [4.78, 5) is 25.5. The number of quaternary nitrogens is 2. The maximum absolute atomic E-state index is 11.6. The number of carbonyl (C=O) groups excluding carboxylic acids is 2. The number of likely N-dealkylation sites (N-methyl/N-ethyl adjacent to an activating group) is 1. The summed E-state index contributed by atoms with van der Waals surface area (Å²) >= 11 is 0. The second kappa shape index (κ2) is 4.16. The van der Waals surface area contributed by atoms with Gasteiger partial charge in [0.2, 0.25) is 5.91 Å². The van der Waals surface area contributed by atoms with Gasteiger partial charge in [0.15, 0.2) is 6.04 Å². The fourth-order valence-electron chi connectivity index (χ4n) is 2.22. The number of piperazine rings is 1. The molecule has 0 saturated carbocycles. The molecule has 2 saturated heterocycles. The van der Waals surface area contributed by atoms with E-state index in [1.165, 1.54) is 9.80 Å². The highest BCUT2D eigenvalue weighted by Crippen LogP contribution is 1.92. The molecule has 2 aliphatic heterocycles. The number of carbonyl (C=O) groups is 2. The molecule has 0 aromatic heterocycles. The van der Waals surface area contributed by atoms with Crippen LogP contribution in [0.3, 0.4) is 0 Å². The minimum atomic E-state index is -0.188. The van der Waals surface area contributed by atoms with Gasteiger partial charge in [-0.3, -0.25) is 20.4 Å². The highest BCUT2D eigenvalue weighted by atomic mass is 16.2. The standard InChI is InChI=1S/C9H16N4O2/c1-12-2-4-13(5-3-12)7-6-8(14)10-11-9(7)15/h7H,2-6H2,1H3,(H,10,14)(H,11,15)/p+2/t7-/m0/s1. The van der Waals surface area contributed by atoms with E-state index in [1.54, 1.807) is 0 Å². The van der Waals surface area contributed by atoms with Gasteiger partial charge in [-0.2, -0.15) is 0 Å². The Hall–Kier alpha value is -1.14. The molecule has 1 atom stereocenters. The minimum Gasteiger partial charge on any atom is -0.328 e. The van der Waals surface area contributed by atoms with Crippen LogP contribution in [0.5, 0.6) is 0 Å². The average molecular weight is 214 g/mol. The van der Waals surface area contributed by atoms with Crippen molar-refractivity contribution in [2.24, 2.45) is 0 Å². The molecule has 2 heterocycles. The molecule has 0 aliphatic carbocycles. The van der Waals surface area contributed by atoms with Crippen LogP contribution in [-0.2, 0) is 9.59 Å². The van der Waals surface area contributed by atoms with E-state index in [1.807, 2.05) is 0 Å². The van der Waals surface area contributed by atoms with E-state index >= 15 is 0 Å². The highest BCUT2D eigenvalue weighted by molar-refractivity contribution is 5.92. The summed E-state index contributed by atoms with van der Waals surface area (Å²) in [5.74, 6) is -0.137. The van der Waals surface area contributed by atoms with E-state index in [0.29, 0.717) is 6.42 Å². The summed E-state index contributed by atoms with van der Waals surface area (Å²) in [7, 11) is 2.16. The Kier molecular flexibility index (Phi) is 2.88. The largest absolute Gasteiger partial charge is 0.328 e. The quantitative estimate of drug-likeness (QED) is 0.354. The van der Waals surface area contributed by atoms with E-state index in [2.05, 4.69) is 17.9 Å². The molecule has 0 aromatic carbocycles. The van der Waals surface area contributed by atoms with Crippen molar-refractivity contribution in [3.8, 4) is 0 Å². The predicted octanol–water partition coefficient (Wildman–Crippen LogP) is -4.68. The Morgan fingerprint density at radius 3 is 2.47 bits per heavy atom. The Labute approximate surface area is 88.6 Å². The van der Waals surface area contributed by atoms with Crippen molar-refractivity contribution in [1.82, 2.24) is 10.9 Å². The first-order chi connectivity index (χ1) is 7.16. The molecule has 2 rings (SSSR count). The molecular weight excluding hydrogens is 196 g/mol. The molecule has 0 bridgehead atoms. The van der Waals surface area contributed by atoms with E-state index in [9.17, 15) is 9.59 Å². The molecule has 0 radical (unpaired) electrons. The molecular formula is C9H18N4O2+2. The first-order valence-corrected chi connectivity index (χ1v) is 5.41. The molecule has 84 valence electrons. The van der Waals surface area contributed by atoms with Crippen LogP contribution in [0, 0.1) is 0 Å². The van der Waals surface area contributed by atoms with Gasteiger partial charge in [0.05, 0.1) is 13.5 Å². The zero-order valence-electron chi connectivity index (χ0n) is 8.93. The molecule has 15 heavy (non-hydrogen) atoms.